The molecule has 0 aliphatic rings. The van der Waals surface area contributed by atoms with Crippen LogP contribution in [-0.4, -0.2) is 13.0 Å². The fourth-order valence-electron chi connectivity index (χ4n) is 1.81. The quantitative estimate of drug-likeness (QED) is 0.779. The summed E-state index contributed by atoms with van der Waals surface area (Å²) < 4.78 is 6.01. The summed E-state index contributed by atoms with van der Waals surface area (Å²) in [5, 5.41) is 3.50. The Morgan fingerprint density at radius 2 is 2.00 bits per heavy atom. The van der Waals surface area contributed by atoms with Crippen LogP contribution in [0.25, 0.3) is 6.08 Å². The van der Waals surface area contributed by atoms with Crippen molar-refractivity contribution in [1.82, 2.24) is 5.32 Å². The van der Waals surface area contributed by atoms with E-state index >= 15 is 0 Å². The van der Waals surface area contributed by atoms with Gasteiger partial charge >= 0.3 is 0 Å². The highest BCUT2D eigenvalue weighted by molar-refractivity contribution is 9.10. The molecule has 0 aliphatic heterocycles. The van der Waals surface area contributed by atoms with E-state index in [1.54, 1.807) is 25.3 Å². The van der Waals surface area contributed by atoms with Gasteiger partial charge in [0.25, 0.3) is 0 Å². The van der Waals surface area contributed by atoms with Gasteiger partial charge in [0.05, 0.1) is 11.6 Å². The molecule has 0 aliphatic carbocycles. The summed E-state index contributed by atoms with van der Waals surface area (Å²) in [4.78, 5) is 11.8. The fourth-order valence-corrected chi connectivity index (χ4v) is 2.49. The van der Waals surface area contributed by atoms with E-state index in [1.165, 1.54) is 6.08 Å². The summed E-state index contributed by atoms with van der Waals surface area (Å²) in [5.41, 5.74) is 1.91. The Labute approximate surface area is 143 Å². The number of nitrogens with one attached hydrogen (secondary N) is 1. The predicted octanol–water partition coefficient (Wildman–Crippen LogP) is 4.44. The molecular weight excluding hydrogens is 366 g/mol. The van der Waals surface area contributed by atoms with Crippen LogP contribution in [0.2, 0.25) is 5.02 Å². The van der Waals surface area contributed by atoms with Crippen molar-refractivity contribution in [3.63, 3.8) is 0 Å². The molecule has 22 heavy (non-hydrogen) atoms. The van der Waals surface area contributed by atoms with Gasteiger partial charge in [-0.15, -0.1) is 0 Å². The Kier molecular flexibility index (Phi) is 6.04. The van der Waals surface area contributed by atoms with E-state index < -0.39 is 0 Å². The monoisotopic (exact) mass is 379 g/mol. The number of ether oxygens (including phenoxy) is 1. The molecule has 0 atom stereocenters. The lowest BCUT2D eigenvalue weighted by Gasteiger charge is -2.04. The smallest absolute Gasteiger partial charge is 0.244 e. The highest BCUT2D eigenvalue weighted by Crippen LogP contribution is 2.25. The molecule has 1 amide bonds. The van der Waals surface area contributed by atoms with Crippen molar-refractivity contribution in [2.45, 2.75) is 6.54 Å². The van der Waals surface area contributed by atoms with E-state index in [0.717, 1.165) is 21.3 Å². The second-order valence-corrected chi connectivity index (χ2v) is 5.86. The third kappa shape index (κ3) is 4.90. The minimum atomic E-state index is -0.151. The van der Waals surface area contributed by atoms with Crippen molar-refractivity contribution in [3.05, 3.63) is 69.2 Å². The average molecular weight is 381 g/mol. The van der Waals surface area contributed by atoms with Gasteiger partial charge in [-0.2, -0.15) is 0 Å². The lowest BCUT2D eigenvalue weighted by molar-refractivity contribution is -0.116. The number of rotatable bonds is 5. The molecule has 0 spiro atoms. The Hall–Kier alpha value is -1.78. The van der Waals surface area contributed by atoms with Crippen molar-refractivity contribution in [1.29, 1.82) is 0 Å². The van der Waals surface area contributed by atoms with Crippen LogP contribution in [0, 0.1) is 0 Å². The Morgan fingerprint density at radius 1 is 1.27 bits per heavy atom. The van der Waals surface area contributed by atoms with Gasteiger partial charge in [0, 0.05) is 17.6 Å². The molecule has 0 heterocycles. The molecule has 0 saturated carbocycles. The maximum absolute atomic E-state index is 11.8. The standard InChI is InChI=1S/C17H15BrClNO2/c1-22-16-8-4-12(10-15(16)18)5-9-17(21)20-11-13-2-6-14(19)7-3-13/h2-10H,11H2,1H3,(H,20,21)/b9-5+. The highest BCUT2D eigenvalue weighted by atomic mass is 79.9. The van der Waals surface area contributed by atoms with Gasteiger partial charge in [0.1, 0.15) is 5.75 Å². The van der Waals surface area contributed by atoms with Crippen LogP contribution in [0.15, 0.2) is 53.0 Å². The van der Waals surface area contributed by atoms with Crippen LogP contribution in [0.4, 0.5) is 0 Å². The number of amides is 1. The zero-order valence-corrected chi connectivity index (χ0v) is 14.3. The van der Waals surface area contributed by atoms with Gasteiger partial charge in [-0.1, -0.05) is 29.8 Å². The molecule has 5 heteroatoms. The molecule has 2 rings (SSSR count). The van der Waals surface area contributed by atoms with Gasteiger partial charge < -0.3 is 10.1 Å². The molecule has 0 unspecified atom stereocenters. The van der Waals surface area contributed by atoms with Crippen LogP contribution in [0.3, 0.4) is 0 Å². The Bertz CT molecular complexity index is 684. The summed E-state index contributed by atoms with van der Waals surface area (Å²) in [5.74, 6) is 0.603. The predicted molar refractivity (Wildman–Crippen MR) is 93.0 cm³/mol. The van der Waals surface area contributed by atoms with Crippen molar-refractivity contribution >= 4 is 39.5 Å². The topological polar surface area (TPSA) is 38.3 Å². The largest absolute Gasteiger partial charge is 0.496 e. The van der Waals surface area contributed by atoms with E-state index in [9.17, 15) is 4.79 Å². The van der Waals surface area contributed by atoms with Crippen molar-refractivity contribution in [2.24, 2.45) is 0 Å². The Balaban J connectivity index is 1.91. The Morgan fingerprint density at radius 3 is 2.64 bits per heavy atom. The number of benzene rings is 2. The first-order valence-electron chi connectivity index (χ1n) is 6.62. The van der Waals surface area contributed by atoms with Gasteiger partial charge in [-0.05, 0) is 57.4 Å². The third-order valence-electron chi connectivity index (χ3n) is 2.98. The SMILES string of the molecule is COc1ccc(/C=C/C(=O)NCc2ccc(Cl)cc2)cc1Br. The molecule has 0 bridgehead atoms. The van der Waals surface area contributed by atoms with Gasteiger partial charge in [0.2, 0.25) is 5.91 Å². The normalized spacial score (nSPS) is 10.7. The number of carbonyl (C=O) groups is 1. The molecule has 0 aromatic heterocycles. The number of hydrogen-bond acceptors (Lipinski definition) is 2. The first-order chi connectivity index (χ1) is 10.6. The molecule has 3 nitrogen and oxygen atoms in total. The van der Waals surface area contributed by atoms with Gasteiger partial charge in [-0.25, -0.2) is 0 Å². The van der Waals surface area contributed by atoms with Crippen LogP contribution in [0.1, 0.15) is 11.1 Å². The van der Waals surface area contributed by atoms with E-state index in [1.807, 2.05) is 30.3 Å². The molecule has 114 valence electrons. The molecule has 2 aromatic carbocycles. The van der Waals surface area contributed by atoms with Crippen LogP contribution in [-0.2, 0) is 11.3 Å². The van der Waals surface area contributed by atoms with Crippen LogP contribution >= 0.6 is 27.5 Å². The molecule has 0 radical (unpaired) electrons. The summed E-state index contributed by atoms with van der Waals surface area (Å²) in [6.45, 7) is 0.465. The number of carbonyl (C=O) groups excluding carboxylic acids is 1. The number of halogens is 2. The van der Waals surface area contributed by atoms with E-state index in [0.29, 0.717) is 11.6 Å². The molecular formula is C17H15BrClNO2. The van der Waals surface area contributed by atoms with E-state index in [2.05, 4.69) is 21.2 Å². The van der Waals surface area contributed by atoms with Crippen molar-refractivity contribution < 1.29 is 9.53 Å². The zero-order chi connectivity index (χ0) is 15.9. The molecule has 0 saturated heterocycles. The van der Waals surface area contributed by atoms with Crippen molar-refractivity contribution in [2.75, 3.05) is 7.11 Å². The van der Waals surface area contributed by atoms with Crippen LogP contribution < -0.4 is 10.1 Å². The highest BCUT2D eigenvalue weighted by Gasteiger charge is 2.00. The van der Waals surface area contributed by atoms with Crippen molar-refractivity contribution in [3.8, 4) is 5.75 Å². The minimum Gasteiger partial charge on any atom is -0.496 e. The molecule has 0 fully saturated rings. The van der Waals surface area contributed by atoms with Gasteiger partial charge in [0.15, 0.2) is 0 Å². The average Bonchev–Trinajstić information content (AvgIpc) is 2.52. The lowest BCUT2D eigenvalue weighted by Crippen LogP contribution is -2.20. The summed E-state index contributed by atoms with van der Waals surface area (Å²) in [6, 6.07) is 13.0. The second-order valence-electron chi connectivity index (χ2n) is 4.57. The first kappa shape index (κ1) is 16.6. The summed E-state index contributed by atoms with van der Waals surface area (Å²) >= 11 is 9.23. The zero-order valence-electron chi connectivity index (χ0n) is 12.0. The molecule has 1 N–H and O–H groups in total. The minimum absolute atomic E-state index is 0.151. The summed E-state index contributed by atoms with van der Waals surface area (Å²) in [7, 11) is 1.61. The van der Waals surface area contributed by atoms with E-state index in [-0.39, 0.29) is 5.91 Å². The molecule has 2 aromatic rings. The first-order valence-corrected chi connectivity index (χ1v) is 7.79. The fraction of sp³-hybridized carbons (Fsp3) is 0.118. The maximum atomic E-state index is 11.8. The number of hydrogen-bond donors (Lipinski definition) is 1. The second kappa shape index (κ2) is 8.01. The van der Waals surface area contributed by atoms with Crippen LogP contribution in [0.5, 0.6) is 5.75 Å². The van der Waals surface area contributed by atoms with Gasteiger partial charge in [-0.3, -0.25) is 4.79 Å². The lowest BCUT2D eigenvalue weighted by atomic mass is 10.2. The summed E-state index contributed by atoms with van der Waals surface area (Å²) in [6.07, 6.45) is 3.26. The van der Waals surface area contributed by atoms with E-state index in [4.69, 9.17) is 16.3 Å². The maximum Gasteiger partial charge on any atom is 0.244 e. The number of methoxy groups -OCH3 is 1. The third-order valence-corrected chi connectivity index (χ3v) is 3.85.